The lowest BCUT2D eigenvalue weighted by Gasteiger charge is -2.21. The van der Waals surface area contributed by atoms with E-state index in [2.05, 4.69) is 81.3 Å². The highest BCUT2D eigenvalue weighted by Crippen LogP contribution is 2.33. The molecule has 0 bridgehead atoms. The van der Waals surface area contributed by atoms with Crippen molar-refractivity contribution in [3.63, 3.8) is 0 Å². The van der Waals surface area contributed by atoms with Gasteiger partial charge < -0.3 is 13.9 Å². The second kappa shape index (κ2) is 14.5. The standard InChI is InChI=1S/C32H33I2NO5/c1-4-21(3)39-29(36)19-28-30(24-13-9-10-14-27(24)40-28)31(37)23-17-25(33)32(26(34)18-23)38-16-15-35(5-2)20-22-11-7-6-8-12-22/h6-14,17-18,21H,4-5,15-16,19-20H2,1-3H3/t21-/m0/s1. The Morgan fingerprint density at radius 3 is 2.33 bits per heavy atom. The number of furan rings is 1. The van der Waals surface area contributed by atoms with Crippen molar-refractivity contribution in [3.05, 3.63) is 96.3 Å². The molecule has 0 unspecified atom stereocenters. The van der Waals surface area contributed by atoms with Gasteiger partial charge in [-0.3, -0.25) is 14.5 Å². The lowest BCUT2D eigenvalue weighted by molar-refractivity contribution is -0.147. The zero-order chi connectivity index (χ0) is 28.6. The van der Waals surface area contributed by atoms with Gasteiger partial charge in [0.25, 0.3) is 0 Å². The molecule has 0 amide bonds. The van der Waals surface area contributed by atoms with E-state index in [-0.39, 0.29) is 18.3 Å². The minimum absolute atomic E-state index is 0.105. The highest BCUT2D eigenvalue weighted by atomic mass is 127. The Labute approximate surface area is 262 Å². The second-order valence-corrected chi connectivity index (χ2v) is 11.9. The van der Waals surface area contributed by atoms with E-state index >= 15 is 0 Å². The number of likely N-dealkylation sites (N-methyl/N-ethyl adjacent to an activating group) is 1. The first-order valence-corrected chi connectivity index (χ1v) is 15.6. The van der Waals surface area contributed by atoms with Crippen molar-refractivity contribution in [3.8, 4) is 5.75 Å². The molecule has 6 nitrogen and oxygen atoms in total. The van der Waals surface area contributed by atoms with Crippen LogP contribution in [-0.4, -0.2) is 42.5 Å². The van der Waals surface area contributed by atoms with Gasteiger partial charge in [0.2, 0.25) is 0 Å². The number of ketones is 1. The lowest BCUT2D eigenvalue weighted by Crippen LogP contribution is -2.28. The Balaban J connectivity index is 1.52. The third kappa shape index (κ3) is 7.64. The summed E-state index contributed by atoms with van der Waals surface area (Å²) < 4.78 is 19.4. The minimum Gasteiger partial charge on any atom is -0.490 e. The van der Waals surface area contributed by atoms with Crippen molar-refractivity contribution >= 4 is 67.9 Å². The molecule has 0 saturated carbocycles. The van der Waals surface area contributed by atoms with E-state index < -0.39 is 5.97 Å². The van der Waals surface area contributed by atoms with Gasteiger partial charge in [0, 0.05) is 24.0 Å². The van der Waals surface area contributed by atoms with Crippen LogP contribution < -0.4 is 4.74 Å². The summed E-state index contributed by atoms with van der Waals surface area (Å²) in [5.41, 5.74) is 2.76. The van der Waals surface area contributed by atoms with Gasteiger partial charge >= 0.3 is 5.97 Å². The van der Waals surface area contributed by atoms with Gasteiger partial charge in [0.1, 0.15) is 30.1 Å². The first kappa shape index (κ1) is 30.5. The Hall–Kier alpha value is -2.44. The van der Waals surface area contributed by atoms with Crippen molar-refractivity contribution in [2.45, 2.75) is 46.3 Å². The van der Waals surface area contributed by atoms with E-state index in [1.165, 1.54) is 5.56 Å². The highest BCUT2D eigenvalue weighted by Gasteiger charge is 2.26. The summed E-state index contributed by atoms with van der Waals surface area (Å²) in [6, 6.07) is 21.4. The van der Waals surface area contributed by atoms with Crippen LogP contribution in [0, 0.1) is 7.14 Å². The van der Waals surface area contributed by atoms with Crippen LogP contribution in [0.5, 0.6) is 5.75 Å². The Bertz CT molecular complexity index is 1440. The number of fused-ring (bicyclic) bond motifs is 1. The molecule has 210 valence electrons. The molecule has 1 heterocycles. The van der Waals surface area contributed by atoms with Crippen LogP contribution in [0.15, 0.2) is 71.1 Å². The van der Waals surface area contributed by atoms with Crippen LogP contribution in [0.1, 0.15) is 54.4 Å². The second-order valence-electron chi connectivity index (χ2n) is 9.58. The highest BCUT2D eigenvalue weighted by molar-refractivity contribution is 14.1. The van der Waals surface area contributed by atoms with Crippen LogP contribution in [0.2, 0.25) is 0 Å². The monoisotopic (exact) mass is 765 g/mol. The molecule has 8 heteroatoms. The van der Waals surface area contributed by atoms with Crippen LogP contribution in [0.4, 0.5) is 0 Å². The SMILES string of the molecule is CC[C@H](C)OC(=O)Cc1oc2ccccc2c1C(=O)c1cc(I)c(OCCN(CC)Cc2ccccc2)c(I)c1. The van der Waals surface area contributed by atoms with Gasteiger partial charge in [-0.25, -0.2) is 0 Å². The van der Waals surface area contributed by atoms with Crippen molar-refractivity contribution < 1.29 is 23.5 Å². The van der Waals surface area contributed by atoms with Gasteiger partial charge in [-0.1, -0.05) is 62.4 Å². The van der Waals surface area contributed by atoms with Crippen LogP contribution in [0.3, 0.4) is 0 Å². The number of nitrogens with zero attached hydrogens (tertiary/aromatic N) is 1. The summed E-state index contributed by atoms with van der Waals surface area (Å²) in [6.45, 7) is 9.06. The molecule has 3 aromatic carbocycles. The number of halogens is 2. The summed E-state index contributed by atoms with van der Waals surface area (Å²) >= 11 is 4.44. The van der Waals surface area contributed by atoms with Crippen LogP contribution >= 0.6 is 45.2 Å². The van der Waals surface area contributed by atoms with E-state index in [0.717, 1.165) is 32.5 Å². The molecule has 0 aliphatic carbocycles. The summed E-state index contributed by atoms with van der Waals surface area (Å²) in [5.74, 6) is 0.480. The normalized spacial score (nSPS) is 12.1. The van der Waals surface area contributed by atoms with Crippen molar-refractivity contribution in [2.24, 2.45) is 0 Å². The Morgan fingerprint density at radius 2 is 1.65 bits per heavy atom. The quantitative estimate of drug-likeness (QED) is 0.0792. The molecule has 1 aromatic heterocycles. The number of para-hydroxylation sites is 1. The predicted octanol–water partition coefficient (Wildman–Crippen LogP) is 7.66. The number of rotatable bonds is 13. The molecule has 0 saturated heterocycles. The average molecular weight is 765 g/mol. The van der Waals surface area contributed by atoms with Gasteiger partial charge in [-0.05, 0) is 88.8 Å². The van der Waals surface area contributed by atoms with Crippen LogP contribution in [0.25, 0.3) is 11.0 Å². The number of esters is 1. The number of hydrogen-bond donors (Lipinski definition) is 0. The van der Waals surface area contributed by atoms with Crippen LogP contribution in [-0.2, 0) is 22.5 Å². The summed E-state index contributed by atoms with van der Waals surface area (Å²) in [5, 5.41) is 0.683. The molecule has 0 radical (unpaired) electrons. The minimum atomic E-state index is -0.413. The number of hydrogen-bond acceptors (Lipinski definition) is 6. The van der Waals surface area contributed by atoms with E-state index in [9.17, 15) is 9.59 Å². The third-order valence-corrected chi connectivity index (χ3v) is 8.32. The van der Waals surface area contributed by atoms with E-state index in [1.807, 2.05) is 50.2 Å². The van der Waals surface area contributed by atoms with Gasteiger partial charge in [-0.15, -0.1) is 0 Å². The number of carbonyl (C=O) groups excluding carboxylic acids is 2. The molecule has 4 rings (SSSR count). The van der Waals surface area contributed by atoms with Gasteiger partial charge in [-0.2, -0.15) is 0 Å². The maximum atomic E-state index is 13.9. The molecular weight excluding hydrogens is 732 g/mol. The largest absolute Gasteiger partial charge is 0.490 e. The maximum absolute atomic E-state index is 13.9. The van der Waals surface area contributed by atoms with E-state index in [4.69, 9.17) is 13.9 Å². The Morgan fingerprint density at radius 1 is 0.975 bits per heavy atom. The molecular formula is C32H33I2NO5. The topological polar surface area (TPSA) is 69.0 Å². The van der Waals surface area contributed by atoms with Gasteiger partial charge in [0.15, 0.2) is 5.78 Å². The fraction of sp³-hybridized carbons (Fsp3) is 0.312. The van der Waals surface area contributed by atoms with Crippen molar-refractivity contribution in [1.29, 1.82) is 0 Å². The van der Waals surface area contributed by atoms with E-state index in [1.54, 1.807) is 6.07 Å². The Kier molecular flexibility index (Phi) is 11.0. The first-order chi connectivity index (χ1) is 19.3. The maximum Gasteiger partial charge on any atom is 0.313 e. The molecule has 1 atom stereocenters. The molecule has 0 N–H and O–H groups in total. The predicted molar refractivity (Wildman–Crippen MR) is 174 cm³/mol. The van der Waals surface area contributed by atoms with Crippen molar-refractivity contribution in [1.82, 2.24) is 4.90 Å². The number of benzene rings is 3. The smallest absolute Gasteiger partial charge is 0.313 e. The summed E-state index contributed by atoms with van der Waals surface area (Å²) in [4.78, 5) is 28.8. The molecule has 0 aliphatic rings. The first-order valence-electron chi connectivity index (χ1n) is 13.4. The fourth-order valence-corrected chi connectivity index (χ4v) is 6.47. The van der Waals surface area contributed by atoms with Gasteiger partial charge in [0.05, 0.1) is 18.8 Å². The van der Waals surface area contributed by atoms with Crippen molar-refractivity contribution in [2.75, 3.05) is 19.7 Å². The zero-order valence-electron chi connectivity index (χ0n) is 22.9. The lowest BCUT2D eigenvalue weighted by atomic mass is 9.99. The zero-order valence-corrected chi connectivity index (χ0v) is 27.2. The average Bonchev–Trinajstić information content (AvgIpc) is 3.31. The number of carbonyl (C=O) groups is 2. The molecule has 0 spiro atoms. The molecule has 0 fully saturated rings. The number of ether oxygens (including phenoxy) is 2. The fourth-order valence-electron chi connectivity index (χ4n) is 4.39. The molecule has 40 heavy (non-hydrogen) atoms. The third-order valence-electron chi connectivity index (χ3n) is 6.72. The van der Waals surface area contributed by atoms with E-state index in [0.29, 0.717) is 40.9 Å². The summed E-state index contributed by atoms with van der Waals surface area (Å²) in [6.07, 6.45) is 0.410. The molecule has 0 aliphatic heterocycles. The molecule has 4 aromatic rings. The summed E-state index contributed by atoms with van der Waals surface area (Å²) in [7, 11) is 0.